The zero-order chi connectivity index (χ0) is 16.9. The van der Waals surface area contributed by atoms with Crippen molar-refractivity contribution >= 4 is 33.4 Å². The summed E-state index contributed by atoms with van der Waals surface area (Å²) in [4.78, 5) is 11.9. The highest BCUT2D eigenvalue weighted by Crippen LogP contribution is 2.16. The van der Waals surface area contributed by atoms with Gasteiger partial charge in [-0.05, 0) is 24.3 Å². The summed E-state index contributed by atoms with van der Waals surface area (Å²) < 4.78 is 24.1. The second-order valence-corrected chi connectivity index (χ2v) is 6.96. The van der Waals surface area contributed by atoms with Crippen molar-refractivity contribution in [1.29, 1.82) is 0 Å². The molecule has 2 aromatic rings. The van der Waals surface area contributed by atoms with Gasteiger partial charge in [0, 0.05) is 12.2 Å². The maximum Gasteiger partial charge on any atom is 0.238 e. The van der Waals surface area contributed by atoms with E-state index in [-0.39, 0.29) is 16.6 Å². The molecule has 0 fully saturated rings. The first-order chi connectivity index (χ1) is 10.9. The van der Waals surface area contributed by atoms with Crippen molar-refractivity contribution in [1.82, 2.24) is 14.8 Å². The minimum absolute atomic E-state index is 0.0117. The lowest BCUT2D eigenvalue weighted by Crippen LogP contribution is -2.15. The third-order valence-electron chi connectivity index (χ3n) is 2.70. The molecule has 0 bridgehead atoms. The van der Waals surface area contributed by atoms with Gasteiger partial charge in [0.15, 0.2) is 5.16 Å². The summed E-state index contributed by atoms with van der Waals surface area (Å²) >= 11 is 1.24. The summed E-state index contributed by atoms with van der Waals surface area (Å²) in [6.07, 6.45) is 3.27. The van der Waals surface area contributed by atoms with E-state index in [1.54, 1.807) is 17.0 Å². The van der Waals surface area contributed by atoms with Crippen LogP contribution in [0.5, 0.6) is 0 Å². The van der Waals surface area contributed by atoms with Gasteiger partial charge in [-0.3, -0.25) is 4.79 Å². The van der Waals surface area contributed by atoms with Gasteiger partial charge in [-0.25, -0.2) is 13.6 Å². The van der Waals surface area contributed by atoms with E-state index in [0.29, 0.717) is 17.4 Å². The number of thioether (sulfide) groups is 1. The predicted octanol–water partition coefficient (Wildman–Crippen LogP) is 0.842. The maximum atomic E-state index is 11.9. The quantitative estimate of drug-likeness (QED) is 0.562. The van der Waals surface area contributed by atoms with E-state index in [2.05, 4.69) is 22.1 Å². The Bertz CT molecular complexity index is 799. The molecule has 0 saturated heterocycles. The number of hydrogen-bond donors (Lipinski definition) is 2. The zero-order valence-corrected chi connectivity index (χ0v) is 13.7. The number of benzene rings is 1. The highest BCUT2D eigenvalue weighted by molar-refractivity contribution is 7.99. The smallest absolute Gasteiger partial charge is 0.238 e. The molecule has 122 valence electrons. The molecule has 0 atom stereocenters. The predicted molar refractivity (Wildman–Crippen MR) is 87.4 cm³/mol. The van der Waals surface area contributed by atoms with Crippen LogP contribution in [0.1, 0.15) is 0 Å². The van der Waals surface area contributed by atoms with Crippen LogP contribution in [0.25, 0.3) is 0 Å². The van der Waals surface area contributed by atoms with Crippen LogP contribution in [-0.2, 0) is 21.4 Å². The van der Waals surface area contributed by atoms with Crippen molar-refractivity contribution in [2.75, 3.05) is 11.1 Å². The number of primary sulfonamides is 1. The molecule has 0 saturated carbocycles. The van der Waals surface area contributed by atoms with E-state index >= 15 is 0 Å². The standard InChI is InChI=1S/C13H15N5O3S2/c1-2-7-18-9-15-17-13(18)22-8-12(19)16-10-3-5-11(6-4-10)23(14,20)21/h2-6,9H,1,7-8H2,(H,16,19)(H2,14,20,21). The van der Waals surface area contributed by atoms with Crippen molar-refractivity contribution in [3.63, 3.8) is 0 Å². The Balaban J connectivity index is 1.92. The molecular weight excluding hydrogens is 338 g/mol. The largest absolute Gasteiger partial charge is 0.325 e. The highest BCUT2D eigenvalue weighted by atomic mass is 32.2. The molecule has 0 spiro atoms. The van der Waals surface area contributed by atoms with Crippen LogP contribution < -0.4 is 10.5 Å². The third kappa shape index (κ3) is 4.91. The highest BCUT2D eigenvalue weighted by Gasteiger charge is 2.10. The lowest BCUT2D eigenvalue weighted by Gasteiger charge is -2.06. The molecule has 0 aliphatic heterocycles. The average molecular weight is 353 g/mol. The minimum atomic E-state index is -3.74. The molecule has 8 nitrogen and oxygen atoms in total. The Hall–Kier alpha value is -2.17. The molecule has 10 heteroatoms. The summed E-state index contributed by atoms with van der Waals surface area (Å²) in [5.41, 5.74) is 0.482. The van der Waals surface area contributed by atoms with Crippen LogP contribution >= 0.6 is 11.8 Å². The van der Waals surface area contributed by atoms with E-state index in [4.69, 9.17) is 5.14 Å². The first kappa shape index (κ1) is 17.2. The Morgan fingerprint density at radius 1 is 1.39 bits per heavy atom. The monoisotopic (exact) mass is 353 g/mol. The summed E-state index contributed by atoms with van der Waals surface area (Å²) in [7, 11) is -3.74. The van der Waals surface area contributed by atoms with E-state index < -0.39 is 10.0 Å². The van der Waals surface area contributed by atoms with Gasteiger partial charge in [-0.15, -0.1) is 16.8 Å². The first-order valence-electron chi connectivity index (χ1n) is 6.44. The lowest BCUT2D eigenvalue weighted by atomic mass is 10.3. The zero-order valence-electron chi connectivity index (χ0n) is 12.0. The van der Waals surface area contributed by atoms with Crippen molar-refractivity contribution in [2.24, 2.45) is 5.14 Å². The molecule has 0 radical (unpaired) electrons. The average Bonchev–Trinajstić information content (AvgIpc) is 2.92. The van der Waals surface area contributed by atoms with Gasteiger partial charge >= 0.3 is 0 Å². The second kappa shape index (κ2) is 7.40. The number of aromatic nitrogens is 3. The first-order valence-corrected chi connectivity index (χ1v) is 8.97. The third-order valence-corrected chi connectivity index (χ3v) is 4.61. The molecule has 0 aliphatic rings. The summed E-state index contributed by atoms with van der Waals surface area (Å²) in [5, 5.41) is 16.0. The van der Waals surface area contributed by atoms with Crippen molar-refractivity contribution in [3.8, 4) is 0 Å². The van der Waals surface area contributed by atoms with Crippen LogP contribution in [0.15, 0.2) is 53.3 Å². The van der Waals surface area contributed by atoms with Gasteiger partial charge in [0.1, 0.15) is 6.33 Å². The van der Waals surface area contributed by atoms with Crippen LogP contribution in [0.4, 0.5) is 5.69 Å². The van der Waals surface area contributed by atoms with Gasteiger partial charge < -0.3 is 9.88 Å². The Labute approximate surface area is 137 Å². The van der Waals surface area contributed by atoms with E-state index in [1.165, 1.54) is 36.0 Å². The molecule has 23 heavy (non-hydrogen) atoms. The number of hydrogen-bond acceptors (Lipinski definition) is 6. The van der Waals surface area contributed by atoms with Crippen LogP contribution in [-0.4, -0.2) is 34.8 Å². The molecular formula is C13H15N5O3S2. The van der Waals surface area contributed by atoms with Gasteiger partial charge in [0.25, 0.3) is 0 Å². The number of sulfonamides is 1. The molecule has 1 heterocycles. The molecule has 2 rings (SSSR count). The number of allylic oxidation sites excluding steroid dienone is 1. The van der Waals surface area contributed by atoms with Crippen LogP contribution in [0.2, 0.25) is 0 Å². The Morgan fingerprint density at radius 3 is 2.70 bits per heavy atom. The van der Waals surface area contributed by atoms with Gasteiger partial charge in [0.05, 0.1) is 10.6 Å². The van der Waals surface area contributed by atoms with Crippen LogP contribution in [0.3, 0.4) is 0 Å². The summed E-state index contributed by atoms with van der Waals surface area (Å²) in [6, 6.07) is 5.61. The Morgan fingerprint density at radius 2 is 2.09 bits per heavy atom. The fourth-order valence-electron chi connectivity index (χ4n) is 1.68. The summed E-state index contributed by atoms with van der Waals surface area (Å²) in [5.74, 6) is -0.0984. The SMILES string of the molecule is C=CCn1cnnc1SCC(=O)Nc1ccc(S(N)(=O)=O)cc1. The number of rotatable bonds is 7. The van der Waals surface area contributed by atoms with Gasteiger partial charge in [-0.1, -0.05) is 17.8 Å². The van der Waals surface area contributed by atoms with Crippen molar-refractivity contribution in [3.05, 3.63) is 43.2 Å². The number of carbonyl (C=O) groups is 1. The summed E-state index contributed by atoms with van der Waals surface area (Å²) in [6.45, 7) is 4.20. The lowest BCUT2D eigenvalue weighted by molar-refractivity contribution is -0.113. The number of carbonyl (C=O) groups excluding carboxylic acids is 1. The number of anilines is 1. The topological polar surface area (TPSA) is 120 Å². The maximum absolute atomic E-state index is 11.9. The van der Waals surface area contributed by atoms with E-state index in [1.807, 2.05) is 0 Å². The fraction of sp³-hybridized carbons (Fsp3) is 0.154. The molecule has 1 aromatic heterocycles. The van der Waals surface area contributed by atoms with Crippen LogP contribution in [0, 0.1) is 0 Å². The molecule has 3 N–H and O–H groups in total. The van der Waals surface area contributed by atoms with E-state index in [9.17, 15) is 13.2 Å². The number of nitrogens with two attached hydrogens (primary N) is 1. The number of nitrogens with zero attached hydrogens (tertiary/aromatic N) is 3. The van der Waals surface area contributed by atoms with E-state index in [0.717, 1.165) is 0 Å². The second-order valence-electron chi connectivity index (χ2n) is 4.46. The van der Waals surface area contributed by atoms with Gasteiger partial charge in [-0.2, -0.15) is 0 Å². The molecule has 1 amide bonds. The number of amides is 1. The Kier molecular flexibility index (Phi) is 5.53. The molecule has 0 aliphatic carbocycles. The fourth-order valence-corrected chi connectivity index (χ4v) is 2.92. The number of nitrogens with one attached hydrogen (secondary N) is 1. The minimum Gasteiger partial charge on any atom is -0.325 e. The van der Waals surface area contributed by atoms with Crippen molar-refractivity contribution in [2.45, 2.75) is 16.6 Å². The molecule has 0 unspecified atom stereocenters. The van der Waals surface area contributed by atoms with Crippen molar-refractivity contribution < 1.29 is 13.2 Å². The van der Waals surface area contributed by atoms with Gasteiger partial charge in [0.2, 0.25) is 15.9 Å². The molecule has 1 aromatic carbocycles. The normalized spacial score (nSPS) is 11.2.